The van der Waals surface area contributed by atoms with Crippen LogP contribution in [0.25, 0.3) is 38.8 Å². The van der Waals surface area contributed by atoms with Crippen LogP contribution in [0.2, 0.25) is 10.0 Å². The molecule has 1 heterocycles. The van der Waals surface area contributed by atoms with Gasteiger partial charge in [-0.1, -0.05) is 83.9 Å². The van der Waals surface area contributed by atoms with Crippen molar-refractivity contribution in [2.75, 3.05) is 0 Å². The lowest BCUT2D eigenvalue weighted by atomic mass is 9.93. The van der Waals surface area contributed by atoms with Gasteiger partial charge in [-0.2, -0.15) is 0 Å². The molecule has 0 bridgehead atoms. The molecule has 4 aromatic carbocycles. The van der Waals surface area contributed by atoms with Gasteiger partial charge in [0.1, 0.15) is 0 Å². The number of para-hydroxylation sites is 1. The maximum atomic E-state index is 13.7. The van der Waals surface area contributed by atoms with Crippen molar-refractivity contribution in [2.24, 2.45) is 0 Å². The second kappa shape index (κ2) is 8.07. The lowest BCUT2D eigenvalue weighted by Gasteiger charge is -2.21. The summed E-state index contributed by atoms with van der Waals surface area (Å²) in [6, 6.07) is 32.7. The van der Waals surface area contributed by atoms with E-state index in [1.807, 2.05) is 103 Å². The Morgan fingerprint density at radius 3 is 1.68 bits per heavy atom. The van der Waals surface area contributed by atoms with Crippen molar-refractivity contribution in [2.45, 2.75) is 0 Å². The molecular formula is C27H17Cl2NO. The minimum Gasteiger partial charge on any atom is -0.276 e. The first kappa shape index (κ1) is 19.6. The number of benzene rings is 4. The van der Waals surface area contributed by atoms with Crippen molar-refractivity contribution < 1.29 is 0 Å². The molecule has 150 valence electrons. The summed E-state index contributed by atoms with van der Waals surface area (Å²) in [4.78, 5) is 13.7. The van der Waals surface area contributed by atoms with Crippen LogP contribution in [0.4, 0.5) is 0 Å². The fourth-order valence-corrected chi connectivity index (χ4v) is 4.21. The standard InChI is InChI=1S/C27H17Cl2NO/c28-20-14-10-18(11-15-20)25-23-8-4-5-9-24(23)27(31)30(22-6-2-1-3-7-22)26(25)19-12-16-21(29)17-13-19/h1-17H. The maximum Gasteiger partial charge on any atom is 0.263 e. The first-order chi connectivity index (χ1) is 15.1. The number of hydrogen-bond donors (Lipinski definition) is 0. The molecule has 0 amide bonds. The van der Waals surface area contributed by atoms with E-state index in [-0.39, 0.29) is 5.56 Å². The summed E-state index contributed by atoms with van der Waals surface area (Å²) >= 11 is 12.3. The molecule has 0 N–H and O–H groups in total. The third-order valence-electron chi connectivity index (χ3n) is 5.36. The molecule has 0 atom stereocenters. The van der Waals surface area contributed by atoms with Crippen LogP contribution >= 0.6 is 23.2 Å². The van der Waals surface area contributed by atoms with Crippen molar-refractivity contribution in [1.82, 2.24) is 4.57 Å². The summed E-state index contributed by atoms with van der Waals surface area (Å²) in [5.74, 6) is 0. The Kier molecular flexibility index (Phi) is 5.11. The molecule has 0 aliphatic rings. The highest BCUT2D eigenvalue weighted by Gasteiger charge is 2.20. The highest BCUT2D eigenvalue weighted by Crippen LogP contribution is 2.38. The van der Waals surface area contributed by atoms with Crippen molar-refractivity contribution in [1.29, 1.82) is 0 Å². The van der Waals surface area contributed by atoms with Gasteiger partial charge in [-0.15, -0.1) is 0 Å². The van der Waals surface area contributed by atoms with Gasteiger partial charge in [-0.3, -0.25) is 9.36 Å². The van der Waals surface area contributed by atoms with E-state index >= 15 is 0 Å². The molecule has 4 heteroatoms. The second-order valence-corrected chi connectivity index (χ2v) is 8.13. The SMILES string of the molecule is O=c1c2ccccc2c(-c2ccc(Cl)cc2)c(-c2ccc(Cl)cc2)n1-c1ccccc1. The van der Waals surface area contributed by atoms with Crippen molar-refractivity contribution >= 4 is 34.0 Å². The van der Waals surface area contributed by atoms with E-state index < -0.39 is 0 Å². The molecule has 0 fully saturated rings. The zero-order valence-corrected chi connectivity index (χ0v) is 17.9. The molecule has 5 aromatic rings. The van der Waals surface area contributed by atoms with Crippen LogP contribution in [-0.2, 0) is 0 Å². The van der Waals surface area contributed by atoms with E-state index in [0.29, 0.717) is 15.4 Å². The number of pyridine rings is 1. The highest BCUT2D eigenvalue weighted by atomic mass is 35.5. The van der Waals surface area contributed by atoms with Crippen LogP contribution in [0.15, 0.2) is 108 Å². The fourth-order valence-electron chi connectivity index (χ4n) is 3.96. The summed E-state index contributed by atoms with van der Waals surface area (Å²) in [7, 11) is 0. The third kappa shape index (κ3) is 3.54. The smallest absolute Gasteiger partial charge is 0.263 e. The largest absolute Gasteiger partial charge is 0.276 e. The van der Waals surface area contributed by atoms with Gasteiger partial charge in [-0.05, 0) is 59.0 Å². The first-order valence-corrected chi connectivity index (χ1v) is 10.6. The monoisotopic (exact) mass is 441 g/mol. The Morgan fingerprint density at radius 2 is 1.06 bits per heavy atom. The van der Waals surface area contributed by atoms with Crippen LogP contribution in [0.1, 0.15) is 0 Å². The molecule has 2 nitrogen and oxygen atoms in total. The third-order valence-corrected chi connectivity index (χ3v) is 5.86. The lowest BCUT2D eigenvalue weighted by molar-refractivity contribution is 1.02. The minimum atomic E-state index is -0.0653. The van der Waals surface area contributed by atoms with Crippen LogP contribution < -0.4 is 5.56 Å². The van der Waals surface area contributed by atoms with Gasteiger partial charge in [0, 0.05) is 26.7 Å². The molecule has 1 aromatic heterocycles. The Balaban J connectivity index is 2.01. The van der Waals surface area contributed by atoms with Gasteiger partial charge in [0.2, 0.25) is 0 Å². The highest BCUT2D eigenvalue weighted by molar-refractivity contribution is 6.31. The van der Waals surface area contributed by atoms with Crippen molar-refractivity contribution in [3.05, 3.63) is 124 Å². The summed E-state index contributed by atoms with van der Waals surface area (Å²) in [6.07, 6.45) is 0. The fraction of sp³-hybridized carbons (Fsp3) is 0. The van der Waals surface area contributed by atoms with Gasteiger partial charge in [0.05, 0.1) is 5.69 Å². The predicted octanol–water partition coefficient (Wildman–Crippen LogP) is 7.63. The van der Waals surface area contributed by atoms with Crippen LogP contribution in [0, 0.1) is 0 Å². The summed E-state index contributed by atoms with van der Waals surface area (Å²) in [5.41, 5.74) is 4.41. The second-order valence-electron chi connectivity index (χ2n) is 7.26. The van der Waals surface area contributed by atoms with Crippen LogP contribution in [0.3, 0.4) is 0 Å². The van der Waals surface area contributed by atoms with Crippen LogP contribution in [0.5, 0.6) is 0 Å². The van der Waals surface area contributed by atoms with E-state index in [2.05, 4.69) is 0 Å². The molecule has 0 spiro atoms. The average Bonchev–Trinajstić information content (AvgIpc) is 2.81. The number of hydrogen-bond acceptors (Lipinski definition) is 1. The quantitative estimate of drug-likeness (QED) is 0.282. The molecule has 0 radical (unpaired) electrons. The summed E-state index contributed by atoms with van der Waals surface area (Å²) in [5, 5.41) is 2.87. The zero-order valence-electron chi connectivity index (χ0n) is 16.4. The van der Waals surface area contributed by atoms with Gasteiger partial charge < -0.3 is 0 Å². The normalized spacial score (nSPS) is 11.0. The molecule has 0 saturated heterocycles. The number of nitrogens with zero attached hydrogens (tertiary/aromatic N) is 1. The average molecular weight is 442 g/mol. The maximum absolute atomic E-state index is 13.7. The Bertz CT molecular complexity index is 1440. The van der Waals surface area contributed by atoms with Crippen LogP contribution in [-0.4, -0.2) is 4.57 Å². The Labute approximate surface area is 189 Å². The summed E-state index contributed by atoms with van der Waals surface area (Å²) < 4.78 is 1.79. The van der Waals surface area contributed by atoms with E-state index in [1.54, 1.807) is 4.57 Å². The Hall–Kier alpha value is -3.33. The molecule has 31 heavy (non-hydrogen) atoms. The topological polar surface area (TPSA) is 22.0 Å². The molecule has 0 aliphatic heterocycles. The lowest BCUT2D eigenvalue weighted by Crippen LogP contribution is -2.21. The van der Waals surface area contributed by atoms with E-state index in [0.717, 1.165) is 33.5 Å². The van der Waals surface area contributed by atoms with Gasteiger partial charge in [0.15, 0.2) is 0 Å². The first-order valence-electron chi connectivity index (χ1n) is 9.88. The van der Waals surface area contributed by atoms with Crippen molar-refractivity contribution in [3.8, 4) is 28.1 Å². The molecule has 0 unspecified atom stereocenters. The summed E-state index contributed by atoms with van der Waals surface area (Å²) in [6.45, 7) is 0. The molecule has 0 saturated carbocycles. The Morgan fingerprint density at radius 1 is 0.548 bits per heavy atom. The number of fused-ring (bicyclic) bond motifs is 1. The molecule has 0 aliphatic carbocycles. The van der Waals surface area contributed by atoms with E-state index in [4.69, 9.17) is 23.2 Å². The zero-order chi connectivity index (χ0) is 21.4. The van der Waals surface area contributed by atoms with Gasteiger partial charge in [0.25, 0.3) is 5.56 Å². The van der Waals surface area contributed by atoms with Gasteiger partial charge in [-0.25, -0.2) is 0 Å². The molecular weight excluding hydrogens is 425 g/mol. The number of aromatic nitrogens is 1. The number of halogens is 2. The molecule has 5 rings (SSSR count). The van der Waals surface area contributed by atoms with E-state index in [9.17, 15) is 4.79 Å². The van der Waals surface area contributed by atoms with E-state index in [1.165, 1.54) is 0 Å². The van der Waals surface area contributed by atoms with Crippen molar-refractivity contribution in [3.63, 3.8) is 0 Å². The predicted molar refractivity (Wildman–Crippen MR) is 130 cm³/mol. The number of rotatable bonds is 3. The minimum absolute atomic E-state index is 0.0653. The van der Waals surface area contributed by atoms with Gasteiger partial charge >= 0.3 is 0 Å².